The molecule has 1 heterocycles. The zero-order chi connectivity index (χ0) is 14.1. The molecule has 1 amide bonds. The Labute approximate surface area is 102 Å². The fourth-order valence-corrected chi connectivity index (χ4v) is 1.65. The molecule has 0 unspecified atom stereocenters. The lowest BCUT2D eigenvalue weighted by Gasteiger charge is -2.45. The van der Waals surface area contributed by atoms with E-state index in [1.165, 1.54) is 0 Å². The van der Waals surface area contributed by atoms with Gasteiger partial charge in [-0.1, -0.05) is 0 Å². The summed E-state index contributed by atoms with van der Waals surface area (Å²) in [7, 11) is 0.953. The topological polar surface area (TPSA) is 166 Å². The first-order valence-corrected chi connectivity index (χ1v) is 5.03. The van der Waals surface area contributed by atoms with E-state index in [2.05, 4.69) is 5.29 Å². The van der Waals surface area contributed by atoms with Crippen molar-refractivity contribution in [2.24, 2.45) is 11.0 Å². The lowest BCUT2D eigenvalue weighted by molar-refractivity contribution is -0.302. The Balaban J connectivity index is 3.05. The average Bonchev–Trinajstić information content (AvgIpc) is 2.38. The minimum atomic E-state index is -2.76. The summed E-state index contributed by atoms with van der Waals surface area (Å²) in [5.74, 6) is -4.07. The summed E-state index contributed by atoms with van der Waals surface area (Å²) in [6.07, 6.45) is -4.72. The maximum Gasteiger partial charge on any atom is 0.306 e. The summed E-state index contributed by atoms with van der Waals surface area (Å²) in [5, 5.41) is 40.5. The Morgan fingerprint density at radius 1 is 1.50 bits per heavy atom. The molecule has 1 rings (SSSR count). The van der Waals surface area contributed by atoms with Crippen LogP contribution >= 0.6 is 0 Å². The number of nitrogens with two attached hydrogens (primary N) is 1. The van der Waals surface area contributed by atoms with Crippen molar-refractivity contribution in [1.29, 1.82) is 0 Å². The van der Waals surface area contributed by atoms with Gasteiger partial charge in [-0.05, 0) is 0 Å². The van der Waals surface area contributed by atoms with Gasteiger partial charge in [0.2, 0.25) is 0 Å². The smallest absolute Gasteiger partial charge is 0.306 e. The fourth-order valence-electron chi connectivity index (χ4n) is 1.65. The first-order chi connectivity index (χ1) is 8.29. The minimum Gasteiger partial charge on any atom is -0.394 e. The molecule has 5 atom stereocenters. The van der Waals surface area contributed by atoms with Crippen molar-refractivity contribution < 1.29 is 30.0 Å². The number of rotatable bonds is 3. The molecular formula is C8H15N3O7. The predicted molar refractivity (Wildman–Crippen MR) is 55.5 cm³/mol. The molecule has 0 aromatic rings. The molecule has 1 fully saturated rings. The highest BCUT2D eigenvalue weighted by Crippen LogP contribution is 2.28. The van der Waals surface area contributed by atoms with Gasteiger partial charge in [-0.2, -0.15) is 5.01 Å². The van der Waals surface area contributed by atoms with Gasteiger partial charge >= 0.3 is 5.91 Å². The van der Waals surface area contributed by atoms with Gasteiger partial charge in [0.1, 0.15) is 18.3 Å². The van der Waals surface area contributed by atoms with Crippen LogP contribution in [0.5, 0.6) is 0 Å². The van der Waals surface area contributed by atoms with Crippen LogP contribution in [-0.4, -0.2) is 75.1 Å². The molecular weight excluding hydrogens is 250 g/mol. The molecule has 0 radical (unpaired) electrons. The molecule has 1 aliphatic rings. The molecule has 1 aliphatic heterocycles. The van der Waals surface area contributed by atoms with Crippen molar-refractivity contribution in [1.82, 2.24) is 5.01 Å². The number of nitroso groups, excluding NO2 is 1. The first-order valence-electron chi connectivity index (χ1n) is 5.03. The molecule has 0 aliphatic carbocycles. The summed E-state index contributed by atoms with van der Waals surface area (Å²) >= 11 is 0. The molecule has 10 heteroatoms. The van der Waals surface area contributed by atoms with Crippen LogP contribution in [0.15, 0.2) is 5.29 Å². The third-order valence-corrected chi connectivity index (χ3v) is 2.78. The summed E-state index contributed by atoms with van der Waals surface area (Å²) in [4.78, 5) is 21.9. The molecule has 10 nitrogen and oxygen atoms in total. The maximum absolute atomic E-state index is 11.7. The van der Waals surface area contributed by atoms with Gasteiger partial charge < -0.3 is 30.9 Å². The van der Waals surface area contributed by atoms with Crippen LogP contribution in [0.3, 0.4) is 0 Å². The Morgan fingerprint density at radius 3 is 2.50 bits per heavy atom. The molecule has 1 saturated heterocycles. The number of amides is 1. The van der Waals surface area contributed by atoms with Gasteiger partial charge in [-0.15, -0.1) is 4.91 Å². The zero-order valence-electron chi connectivity index (χ0n) is 9.50. The van der Waals surface area contributed by atoms with E-state index in [0.717, 1.165) is 7.05 Å². The third-order valence-electron chi connectivity index (χ3n) is 2.78. The average molecular weight is 265 g/mol. The molecule has 0 saturated carbocycles. The van der Waals surface area contributed by atoms with Crippen molar-refractivity contribution in [3.63, 3.8) is 0 Å². The van der Waals surface area contributed by atoms with Gasteiger partial charge in [0.25, 0.3) is 5.79 Å². The second-order valence-corrected chi connectivity index (χ2v) is 3.95. The number of ether oxygens (including phenoxy) is 1. The van der Waals surface area contributed by atoms with Crippen LogP contribution < -0.4 is 5.73 Å². The Morgan fingerprint density at radius 2 is 2.06 bits per heavy atom. The number of aliphatic hydroxyl groups excluding tert-OH is 3. The van der Waals surface area contributed by atoms with E-state index < -0.39 is 42.7 Å². The summed E-state index contributed by atoms with van der Waals surface area (Å²) in [6.45, 7) is -0.765. The number of hydrogen-bond donors (Lipinski definition) is 5. The Kier molecular flexibility index (Phi) is 4.32. The van der Waals surface area contributed by atoms with Crippen LogP contribution in [0, 0.1) is 4.91 Å². The SMILES string of the molecule is CN(N=O)C(=O)[C@]1(O)O[C@H](CO)[C@@H](O)[C@H](O)[C@H]1N. The van der Waals surface area contributed by atoms with Crippen LogP contribution in [0.25, 0.3) is 0 Å². The van der Waals surface area contributed by atoms with E-state index in [-0.39, 0.29) is 5.01 Å². The highest BCUT2D eigenvalue weighted by atomic mass is 16.7. The van der Waals surface area contributed by atoms with Gasteiger partial charge in [-0.25, -0.2) is 0 Å². The summed E-state index contributed by atoms with van der Waals surface area (Å²) in [5.41, 5.74) is 5.40. The van der Waals surface area contributed by atoms with Gasteiger partial charge in [0, 0.05) is 7.05 Å². The monoisotopic (exact) mass is 265 g/mol. The van der Waals surface area contributed by atoms with E-state index in [1.54, 1.807) is 0 Å². The third kappa shape index (κ3) is 2.21. The maximum atomic E-state index is 11.7. The zero-order valence-corrected chi connectivity index (χ0v) is 9.50. The van der Waals surface area contributed by atoms with Crippen molar-refractivity contribution in [2.45, 2.75) is 30.1 Å². The molecule has 18 heavy (non-hydrogen) atoms. The summed E-state index contributed by atoms with van der Waals surface area (Å²) < 4.78 is 4.78. The molecule has 0 aromatic heterocycles. The number of carbonyl (C=O) groups is 1. The van der Waals surface area contributed by atoms with E-state index in [0.29, 0.717) is 0 Å². The van der Waals surface area contributed by atoms with E-state index >= 15 is 0 Å². The predicted octanol–water partition coefficient (Wildman–Crippen LogP) is -3.74. The number of hydrogen-bond acceptors (Lipinski definition) is 9. The van der Waals surface area contributed by atoms with Crippen LogP contribution in [0.2, 0.25) is 0 Å². The quantitative estimate of drug-likeness (QED) is 0.256. The lowest BCUT2D eigenvalue weighted by Crippen LogP contribution is -2.72. The lowest BCUT2D eigenvalue weighted by atomic mass is 9.90. The molecule has 0 spiro atoms. The number of nitrogens with zero attached hydrogens (tertiary/aromatic N) is 2. The van der Waals surface area contributed by atoms with Gasteiger partial charge in [0.05, 0.1) is 17.9 Å². The van der Waals surface area contributed by atoms with Crippen LogP contribution in [0.1, 0.15) is 0 Å². The fraction of sp³-hybridized carbons (Fsp3) is 0.875. The van der Waals surface area contributed by atoms with Gasteiger partial charge in [-0.3, -0.25) is 4.79 Å². The standard InChI is InChI=1S/C8H15N3O7/c1-11(10-17)7(15)8(16)6(9)5(14)4(13)3(2-12)18-8/h3-6,12-14,16H,2,9H2,1H3/t3-,4-,5+,6-,8-/m1/s1. The molecule has 0 aromatic carbocycles. The highest BCUT2D eigenvalue weighted by Gasteiger charge is 2.57. The second kappa shape index (κ2) is 5.22. The minimum absolute atomic E-state index is 0.235. The largest absolute Gasteiger partial charge is 0.394 e. The van der Waals surface area contributed by atoms with Gasteiger partial charge in [0.15, 0.2) is 0 Å². The van der Waals surface area contributed by atoms with Crippen molar-refractivity contribution >= 4 is 5.91 Å². The number of carbonyl (C=O) groups excluding carboxylic acids is 1. The molecule has 0 bridgehead atoms. The van der Waals surface area contributed by atoms with E-state index in [4.69, 9.17) is 15.6 Å². The van der Waals surface area contributed by atoms with Crippen molar-refractivity contribution in [2.75, 3.05) is 13.7 Å². The molecule has 104 valence electrons. The van der Waals surface area contributed by atoms with E-state index in [9.17, 15) is 25.0 Å². The van der Waals surface area contributed by atoms with Crippen LogP contribution in [0.4, 0.5) is 0 Å². The Hall–Kier alpha value is -1.17. The van der Waals surface area contributed by atoms with Crippen molar-refractivity contribution in [3.05, 3.63) is 4.91 Å². The number of aliphatic hydroxyl groups is 4. The second-order valence-electron chi connectivity index (χ2n) is 3.95. The Bertz CT molecular complexity index is 339. The van der Waals surface area contributed by atoms with E-state index in [1.807, 2.05) is 0 Å². The first kappa shape index (κ1) is 14.9. The van der Waals surface area contributed by atoms with Crippen LogP contribution in [-0.2, 0) is 9.53 Å². The summed E-state index contributed by atoms with van der Waals surface area (Å²) in [6, 6.07) is -1.70. The normalized spacial score (nSPS) is 40.3. The van der Waals surface area contributed by atoms with Crippen molar-refractivity contribution in [3.8, 4) is 0 Å². The number of likely N-dealkylation sites (N-methyl/N-ethyl adjacent to an activating group) is 1. The highest BCUT2D eigenvalue weighted by molar-refractivity contribution is 5.84. The molecule has 6 N–H and O–H groups in total.